The van der Waals surface area contributed by atoms with Gasteiger partial charge in [-0.25, -0.2) is 0 Å². The van der Waals surface area contributed by atoms with Crippen LogP contribution in [0.5, 0.6) is 5.75 Å². The normalized spacial score (nSPS) is 29.5. The van der Waals surface area contributed by atoms with Gasteiger partial charge in [0.2, 0.25) is 0 Å². The Labute approximate surface area is 152 Å². The van der Waals surface area contributed by atoms with Gasteiger partial charge in [0.25, 0.3) is 0 Å². The highest BCUT2D eigenvalue weighted by Crippen LogP contribution is 2.50. The monoisotopic (exact) mass is 343 g/mol. The van der Waals surface area contributed by atoms with Gasteiger partial charge < -0.3 is 14.7 Å². The van der Waals surface area contributed by atoms with Crippen molar-refractivity contribution in [1.29, 1.82) is 0 Å². The third-order valence-corrected chi connectivity index (χ3v) is 6.15. The Hall–Kier alpha value is -1.32. The molecule has 2 saturated carbocycles. The predicted octanol–water partition coefficient (Wildman–Crippen LogP) is 4.36. The Bertz CT molecular complexity index is 604. The largest absolute Gasteiger partial charge is 0.497 e. The van der Waals surface area contributed by atoms with Gasteiger partial charge in [-0.05, 0) is 69.0 Å². The van der Waals surface area contributed by atoms with Gasteiger partial charge in [0.15, 0.2) is 0 Å². The SMILES string of the molecule is COc1cccc(C=C2CCC(CN(C)C)C2(O)C2CCCCC2)c1. The second-order valence-electron chi connectivity index (χ2n) is 8.10. The summed E-state index contributed by atoms with van der Waals surface area (Å²) in [6, 6.07) is 8.17. The van der Waals surface area contributed by atoms with Crippen LogP contribution in [0.25, 0.3) is 6.08 Å². The molecule has 25 heavy (non-hydrogen) atoms. The zero-order valence-electron chi connectivity index (χ0n) is 16.0. The van der Waals surface area contributed by atoms with Crippen molar-refractivity contribution in [3.63, 3.8) is 0 Å². The number of methoxy groups -OCH3 is 1. The number of hydrogen-bond acceptors (Lipinski definition) is 3. The number of aliphatic hydroxyl groups is 1. The minimum absolute atomic E-state index is 0.336. The predicted molar refractivity (Wildman–Crippen MR) is 104 cm³/mol. The molecule has 2 aliphatic carbocycles. The van der Waals surface area contributed by atoms with Gasteiger partial charge in [0.05, 0.1) is 12.7 Å². The Morgan fingerprint density at radius 1 is 1.20 bits per heavy atom. The van der Waals surface area contributed by atoms with Crippen molar-refractivity contribution < 1.29 is 9.84 Å². The summed E-state index contributed by atoms with van der Waals surface area (Å²) in [4.78, 5) is 2.23. The number of ether oxygens (including phenoxy) is 1. The Morgan fingerprint density at radius 2 is 1.96 bits per heavy atom. The Morgan fingerprint density at radius 3 is 2.64 bits per heavy atom. The fourth-order valence-corrected chi connectivity index (χ4v) is 4.94. The molecule has 1 aromatic carbocycles. The van der Waals surface area contributed by atoms with Crippen LogP contribution in [-0.4, -0.2) is 43.4 Å². The van der Waals surface area contributed by atoms with Crippen molar-refractivity contribution >= 4 is 6.08 Å². The molecule has 0 aromatic heterocycles. The van der Waals surface area contributed by atoms with Gasteiger partial charge in [0, 0.05) is 12.5 Å². The fraction of sp³-hybridized carbons (Fsp3) is 0.636. The van der Waals surface area contributed by atoms with Crippen LogP contribution in [-0.2, 0) is 0 Å². The molecule has 0 spiro atoms. The number of hydrogen-bond donors (Lipinski definition) is 1. The van der Waals surface area contributed by atoms with Crippen LogP contribution in [0.15, 0.2) is 29.8 Å². The van der Waals surface area contributed by atoms with E-state index in [1.54, 1.807) is 7.11 Å². The first-order chi connectivity index (χ1) is 12.0. The molecule has 0 bridgehead atoms. The molecule has 0 aliphatic heterocycles. The van der Waals surface area contributed by atoms with Crippen LogP contribution in [0, 0.1) is 11.8 Å². The van der Waals surface area contributed by atoms with Gasteiger partial charge in [-0.2, -0.15) is 0 Å². The zero-order chi connectivity index (χ0) is 17.9. The fourth-order valence-electron chi connectivity index (χ4n) is 4.94. The third kappa shape index (κ3) is 3.93. The highest BCUT2D eigenvalue weighted by Gasteiger charge is 2.50. The van der Waals surface area contributed by atoms with E-state index in [2.05, 4.69) is 37.2 Å². The quantitative estimate of drug-likeness (QED) is 0.862. The molecule has 0 amide bonds. The van der Waals surface area contributed by atoms with E-state index in [0.29, 0.717) is 11.8 Å². The van der Waals surface area contributed by atoms with Crippen LogP contribution < -0.4 is 4.74 Å². The number of benzene rings is 1. The van der Waals surface area contributed by atoms with E-state index >= 15 is 0 Å². The summed E-state index contributed by atoms with van der Waals surface area (Å²) in [6.45, 7) is 0.961. The van der Waals surface area contributed by atoms with E-state index in [-0.39, 0.29) is 0 Å². The second kappa shape index (κ2) is 7.92. The molecule has 3 nitrogen and oxygen atoms in total. The first-order valence-electron chi connectivity index (χ1n) is 9.76. The van der Waals surface area contributed by atoms with Crippen molar-refractivity contribution in [2.45, 2.75) is 50.5 Å². The molecule has 2 atom stereocenters. The van der Waals surface area contributed by atoms with Crippen molar-refractivity contribution in [2.75, 3.05) is 27.7 Å². The first-order valence-corrected chi connectivity index (χ1v) is 9.76. The van der Waals surface area contributed by atoms with Gasteiger partial charge in [-0.3, -0.25) is 0 Å². The van der Waals surface area contributed by atoms with E-state index < -0.39 is 5.60 Å². The second-order valence-corrected chi connectivity index (χ2v) is 8.10. The molecule has 138 valence electrons. The summed E-state index contributed by atoms with van der Waals surface area (Å²) >= 11 is 0. The summed E-state index contributed by atoms with van der Waals surface area (Å²) < 4.78 is 5.36. The van der Waals surface area contributed by atoms with E-state index in [1.165, 1.54) is 24.8 Å². The lowest BCUT2D eigenvalue weighted by molar-refractivity contribution is -0.0399. The van der Waals surface area contributed by atoms with Crippen LogP contribution >= 0.6 is 0 Å². The molecule has 3 heteroatoms. The first kappa shape index (κ1) is 18.5. The zero-order valence-corrected chi connectivity index (χ0v) is 16.0. The molecule has 1 aromatic rings. The minimum Gasteiger partial charge on any atom is -0.497 e. The van der Waals surface area contributed by atoms with Crippen LogP contribution in [0.4, 0.5) is 0 Å². The van der Waals surface area contributed by atoms with Gasteiger partial charge >= 0.3 is 0 Å². The lowest BCUT2D eigenvalue weighted by atomic mass is 9.70. The van der Waals surface area contributed by atoms with Crippen LogP contribution in [0.2, 0.25) is 0 Å². The Balaban J connectivity index is 1.94. The van der Waals surface area contributed by atoms with E-state index in [0.717, 1.165) is 43.5 Å². The molecular weight excluding hydrogens is 310 g/mol. The third-order valence-electron chi connectivity index (χ3n) is 6.15. The molecule has 0 radical (unpaired) electrons. The molecule has 0 saturated heterocycles. The van der Waals surface area contributed by atoms with Gasteiger partial charge in [0.1, 0.15) is 5.75 Å². The van der Waals surface area contributed by atoms with Crippen molar-refractivity contribution in [3.05, 3.63) is 35.4 Å². The minimum atomic E-state index is -0.645. The van der Waals surface area contributed by atoms with E-state index in [1.807, 2.05) is 12.1 Å². The smallest absolute Gasteiger partial charge is 0.119 e. The maximum atomic E-state index is 11.9. The maximum absolute atomic E-state index is 11.9. The summed E-state index contributed by atoms with van der Waals surface area (Å²) in [6.07, 6.45) is 10.5. The number of nitrogens with zero attached hydrogens (tertiary/aromatic N) is 1. The van der Waals surface area contributed by atoms with Crippen molar-refractivity contribution in [1.82, 2.24) is 4.90 Å². The Kier molecular flexibility index (Phi) is 5.85. The molecule has 2 unspecified atom stereocenters. The molecule has 3 rings (SSSR count). The van der Waals surface area contributed by atoms with Crippen molar-refractivity contribution in [2.24, 2.45) is 11.8 Å². The molecule has 0 heterocycles. The molecule has 2 aliphatic rings. The van der Waals surface area contributed by atoms with Crippen molar-refractivity contribution in [3.8, 4) is 5.75 Å². The summed E-state index contributed by atoms with van der Waals surface area (Å²) in [5, 5.41) is 11.9. The summed E-state index contributed by atoms with van der Waals surface area (Å²) in [5.41, 5.74) is 1.72. The summed E-state index contributed by atoms with van der Waals surface area (Å²) in [5.74, 6) is 1.62. The molecule has 1 N–H and O–H groups in total. The highest BCUT2D eigenvalue weighted by molar-refractivity contribution is 5.58. The summed E-state index contributed by atoms with van der Waals surface area (Å²) in [7, 11) is 5.93. The number of rotatable bonds is 5. The average Bonchev–Trinajstić information content (AvgIpc) is 2.93. The molecular formula is C22H33NO2. The van der Waals surface area contributed by atoms with Crippen LogP contribution in [0.3, 0.4) is 0 Å². The van der Waals surface area contributed by atoms with Gasteiger partial charge in [-0.15, -0.1) is 0 Å². The maximum Gasteiger partial charge on any atom is 0.119 e. The lowest BCUT2D eigenvalue weighted by Crippen LogP contribution is -2.47. The van der Waals surface area contributed by atoms with Gasteiger partial charge in [-0.1, -0.05) is 37.5 Å². The van der Waals surface area contributed by atoms with Crippen LogP contribution in [0.1, 0.15) is 50.5 Å². The average molecular weight is 344 g/mol. The van der Waals surface area contributed by atoms with E-state index in [9.17, 15) is 5.11 Å². The highest BCUT2D eigenvalue weighted by atomic mass is 16.5. The topological polar surface area (TPSA) is 32.7 Å². The van der Waals surface area contributed by atoms with E-state index in [4.69, 9.17) is 4.74 Å². The standard InChI is InChI=1S/C22H33NO2/c1-23(2)16-20-13-12-19(14-17-8-7-11-21(15-17)25-3)22(20,24)18-9-5-4-6-10-18/h7-8,11,14-15,18,20,24H,4-6,9-10,12-13,16H2,1-3H3. The molecule has 2 fully saturated rings. The lowest BCUT2D eigenvalue weighted by Gasteiger charge is -2.42.